The molecule has 2 fully saturated rings. The fourth-order valence-corrected chi connectivity index (χ4v) is 4.46. The van der Waals surface area contributed by atoms with Gasteiger partial charge < -0.3 is 20.3 Å². The predicted octanol–water partition coefficient (Wildman–Crippen LogP) is 4.06. The second-order valence-corrected chi connectivity index (χ2v) is 9.47. The fraction of sp³-hybridized carbons (Fsp3) is 0.625. The van der Waals surface area contributed by atoms with E-state index in [1.807, 2.05) is 25.7 Å². The van der Waals surface area contributed by atoms with Crippen molar-refractivity contribution in [1.29, 1.82) is 0 Å². The van der Waals surface area contributed by atoms with Crippen LogP contribution < -0.4 is 10.6 Å². The molecule has 5 heteroatoms. The predicted molar refractivity (Wildman–Crippen MR) is 118 cm³/mol. The molecule has 2 heterocycles. The summed E-state index contributed by atoms with van der Waals surface area (Å²) < 4.78 is 5.50. The average Bonchev–Trinajstić information content (AvgIpc) is 2.72. The van der Waals surface area contributed by atoms with Gasteiger partial charge in [0.05, 0.1) is 0 Å². The second kappa shape index (κ2) is 9.21. The molecule has 0 aromatic heterocycles. The molecular weight excluding hydrogens is 362 g/mol. The van der Waals surface area contributed by atoms with Gasteiger partial charge in [-0.3, -0.25) is 0 Å². The standard InChI is InChI=1S/C24H37N3O2/c1-19(24(12-14-25-15-13-24)21-8-6-5-7-9-21)26-18-20-10-16-27(17-11-20)22(28)29-23(2,3)4/h5-9,20,25-26H,1,10-18H2,2-4H3. The van der Waals surface area contributed by atoms with Gasteiger partial charge in [0.1, 0.15) is 5.60 Å². The Morgan fingerprint density at radius 2 is 1.83 bits per heavy atom. The van der Waals surface area contributed by atoms with Crippen LogP contribution >= 0.6 is 0 Å². The number of nitrogens with one attached hydrogen (secondary N) is 2. The van der Waals surface area contributed by atoms with Crippen molar-refractivity contribution < 1.29 is 9.53 Å². The Morgan fingerprint density at radius 1 is 1.21 bits per heavy atom. The molecule has 160 valence electrons. The van der Waals surface area contributed by atoms with Gasteiger partial charge in [0, 0.05) is 30.7 Å². The molecule has 2 aliphatic rings. The summed E-state index contributed by atoms with van der Waals surface area (Å²) in [5.41, 5.74) is 2.07. The molecule has 2 aliphatic heterocycles. The van der Waals surface area contributed by atoms with Crippen molar-refractivity contribution in [2.45, 2.75) is 57.5 Å². The van der Waals surface area contributed by atoms with Gasteiger partial charge in [0.25, 0.3) is 0 Å². The van der Waals surface area contributed by atoms with Crippen LogP contribution in [0.2, 0.25) is 0 Å². The maximum Gasteiger partial charge on any atom is 0.410 e. The molecule has 1 aromatic carbocycles. The van der Waals surface area contributed by atoms with E-state index in [2.05, 4.69) is 47.5 Å². The summed E-state index contributed by atoms with van der Waals surface area (Å²) in [5.74, 6) is 0.556. The number of rotatable bonds is 5. The molecule has 0 saturated carbocycles. The molecule has 1 aromatic rings. The van der Waals surface area contributed by atoms with Crippen LogP contribution in [-0.2, 0) is 10.2 Å². The number of nitrogens with zero attached hydrogens (tertiary/aromatic N) is 1. The van der Waals surface area contributed by atoms with Crippen LogP contribution in [0.15, 0.2) is 42.6 Å². The summed E-state index contributed by atoms with van der Waals surface area (Å²) in [6.07, 6.45) is 3.95. The van der Waals surface area contributed by atoms with Crippen molar-refractivity contribution in [2.75, 3.05) is 32.7 Å². The van der Waals surface area contributed by atoms with Crippen LogP contribution in [0.1, 0.15) is 52.0 Å². The number of allylic oxidation sites excluding steroid dienone is 1. The van der Waals surface area contributed by atoms with Gasteiger partial charge >= 0.3 is 6.09 Å². The van der Waals surface area contributed by atoms with Gasteiger partial charge in [0.15, 0.2) is 0 Å². The molecule has 3 rings (SSSR count). The summed E-state index contributed by atoms with van der Waals surface area (Å²) in [5, 5.41) is 7.17. The zero-order valence-electron chi connectivity index (χ0n) is 18.3. The molecule has 29 heavy (non-hydrogen) atoms. The summed E-state index contributed by atoms with van der Waals surface area (Å²) >= 11 is 0. The van der Waals surface area contributed by atoms with E-state index >= 15 is 0 Å². The van der Waals surface area contributed by atoms with Gasteiger partial charge in [-0.1, -0.05) is 36.9 Å². The Balaban J connectivity index is 1.53. The molecule has 0 radical (unpaired) electrons. The van der Waals surface area contributed by atoms with Gasteiger partial charge in [0.2, 0.25) is 0 Å². The van der Waals surface area contributed by atoms with E-state index in [-0.39, 0.29) is 11.5 Å². The summed E-state index contributed by atoms with van der Waals surface area (Å²) in [6, 6.07) is 10.8. The number of hydrogen-bond donors (Lipinski definition) is 2. The molecule has 1 amide bonds. The van der Waals surface area contributed by atoms with E-state index in [0.29, 0.717) is 5.92 Å². The van der Waals surface area contributed by atoms with E-state index in [1.165, 1.54) is 5.56 Å². The number of benzene rings is 1. The molecular formula is C24H37N3O2. The summed E-state index contributed by atoms with van der Waals surface area (Å²) in [6.45, 7) is 14.7. The number of likely N-dealkylation sites (tertiary alicyclic amines) is 1. The minimum atomic E-state index is -0.437. The lowest BCUT2D eigenvalue weighted by Crippen LogP contribution is -2.46. The monoisotopic (exact) mass is 399 g/mol. The Hall–Kier alpha value is -2.01. The molecule has 0 spiro atoms. The number of hydrogen-bond acceptors (Lipinski definition) is 4. The third kappa shape index (κ3) is 5.53. The van der Waals surface area contributed by atoms with Gasteiger partial charge in [-0.05, 0) is 71.0 Å². The number of piperidine rings is 2. The highest BCUT2D eigenvalue weighted by molar-refractivity contribution is 5.68. The van der Waals surface area contributed by atoms with Crippen LogP contribution in [0.3, 0.4) is 0 Å². The van der Waals surface area contributed by atoms with Crippen LogP contribution in [-0.4, -0.2) is 49.3 Å². The smallest absolute Gasteiger partial charge is 0.410 e. The lowest BCUT2D eigenvalue weighted by Gasteiger charge is -2.41. The van der Waals surface area contributed by atoms with Crippen molar-refractivity contribution in [2.24, 2.45) is 5.92 Å². The van der Waals surface area contributed by atoms with Gasteiger partial charge in [-0.15, -0.1) is 0 Å². The first-order valence-corrected chi connectivity index (χ1v) is 11.0. The topological polar surface area (TPSA) is 53.6 Å². The first kappa shape index (κ1) is 21.7. The first-order valence-electron chi connectivity index (χ1n) is 11.0. The minimum Gasteiger partial charge on any atom is -0.444 e. The molecule has 0 atom stereocenters. The van der Waals surface area contributed by atoms with Crippen molar-refractivity contribution >= 4 is 6.09 Å². The van der Waals surface area contributed by atoms with Crippen molar-refractivity contribution in [3.63, 3.8) is 0 Å². The highest BCUT2D eigenvalue weighted by Crippen LogP contribution is 2.38. The van der Waals surface area contributed by atoms with E-state index in [4.69, 9.17) is 4.74 Å². The zero-order valence-corrected chi connectivity index (χ0v) is 18.3. The Labute approximate surface area is 175 Å². The fourth-order valence-electron chi connectivity index (χ4n) is 4.46. The Bertz CT molecular complexity index is 682. The van der Waals surface area contributed by atoms with E-state index in [0.717, 1.165) is 64.1 Å². The first-order chi connectivity index (χ1) is 13.8. The SMILES string of the molecule is C=C(NCC1CCN(C(=O)OC(C)(C)C)CC1)C1(c2ccccc2)CCNCC1. The number of amides is 1. The van der Waals surface area contributed by atoms with Gasteiger partial charge in [-0.25, -0.2) is 4.79 Å². The van der Waals surface area contributed by atoms with Crippen LogP contribution in [0, 0.1) is 5.92 Å². The molecule has 5 nitrogen and oxygen atoms in total. The highest BCUT2D eigenvalue weighted by Gasteiger charge is 2.37. The maximum atomic E-state index is 12.3. The quantitative estimate of drug-likeness (QED) is 0.784. The van der Waals surface area contributed by atoms with E-state index in [9.17, 15) is 4.79 Å². The molecule has 2 saturated heterocycles. The average molecular weight is 400 g/mol. The van der Waals surface area contributed by atoms with E-state index in [1.54, 1.807) is 0 Å². The highest BCUT2D eigenvalue weighted by atomic mass is 16.6. The van der Waals surface area contributed by atoms with Gasteiger partial charge in [-0.2, -0.15) is 0 Å². The lowest BCUT2D eigenvalue weighted by molar-refractivity contribution is 0.0184. The van der Waals surface area contributed by atoms with Crippen molar-refractivity contribution in [3.05, 3.63) is 48.2 Å². The van der Waals surface area contributed by atoms with Crippen LogP contribution in [0.5, 0.6) is 0 Å². The van der Waals surface area contributed by atoms with E-state index < -0.39 is 5.60 Å². The summed E-state index contributed by atoms with van der Waals surface area (Å²) in [4.78, 5) is 14.1. The Morgan fingerprint density at radius 3 is 2.41 bits per heavy atom. The maximum absolute atomic E-state index is 12.3. The van der Waals surface area contributed by atoms with Crippen molar-refractivity contribution in [3.8, 4) is 0 Å². The normalized spacial score (nSPS) is 20.2. The second-order valence-electron chi connectivity index (χ2n) is 9.47. The third-order valence-corrected chi connectivity index (χ3v) is 6.23. The molecule has 0 bridgehead atoms. The molecule has 0 unspecified atom stereocenters. The van der Waals surface area contributed by atoms with Crippen molar-refractivity contribution in [1.82, 2.24) is 15.5 Å². The lowest BCUT2D eigenvalue weighted by atomic mass is 9.71. The molecule has 0 aliphatic carbocycles. The summed E-state index contributed by atoms with van der Waals surface area (Å²) in [7, 11) is 0. The number of carbonyl (C=O) groups is 1. The molecule has 2 N–H and O–H groups in total. The van der Waals surface area contributed by atoms with Crippen LogP contribution in [0.4, 0.5) is 4.79 Å². The third-order valence-electron chi connectivity index (χ3n) is 6.23. The number of carbonyl (C=O) groups excluding carboxylic acids is 1. The van der Waals surface area contributed by atoms with Crippen LogP contribution in [0.25, 0.3) is 0 Å². The minimum absolute atomic E-state index is 0.00370. The zero-order chi connectivity index (χ0) is 20.9. The number of ether oxygens (including phenoxy) is 1. The largest absolute Gasteiger partial charge is 0.444 e. The Kier molecular flexibility index (Phi) is 6.89.